The highest BCUT2D eigenvalue weighted by Gasteiger charge is 2.45. The molecule has 3 rings (SSSR count). The Bertz CT molecular complexity index is 1270. The van der Waals surface area contributed by atoms with E-state index in [2.05, 4.69) is 53.3 Å². The van der Waals surface area contributed by atoms with Gasteiger partial charge in [0.2, 0.25) is 0 Å². The van der Waals surface area contributed by atoms with Crippen LogP contribution in [-0.2, 0) is 30.5 Å². The SMILES string of the molecule is Cc1ccc([S+](c2ccc(C)cc2)c2cc(C)c(OCC(=O)OCC(F)(F)S(=O)(=O)O)c(C)c2)cc1. The van der Waals surface area contributed by atoms with Gasteiger partial charge in [0.25, 0.3) is 0 Å². The van der Waals surface area contributed by atoms with Gasteiger partial charge in [-0.25, -0.2) is 4.79 Å². The second kappa shape index (κ2) is 11.0. The predicted molar refractivity (Wildman–Crippen MR) is 133 cm³/mol. The molecular formula is C26H27F2O6S2+. The van der Waals surface area contributed by atoms with Crippen molar-refractivity contribution < 1.29 is 36.0 Å². The number of halogens is 2. The molecule has 0 saturated heterocycles. The van der Waals surface area contributed by atoms with Crippen molar-refractivity contribution in [2.24, 2.45) is 0 Å². The van der Waals surface area contributed by atoms with E-state index in [4.69, 9.17) is 9.29 Å². The van der Waals surface area contributed by atoms with Crippen LogP contribution < -0.4 is 4.74 Å². The van der Waals surface area contributed by atoms with Crippen LogP contribution >= 0.6 is 0 Å². The lowest BCUT2D eigenvalue weighted by atomic mass is 10.1. The monoisotopic (exact) mass is 537 g/mol. The lowest BCUT2D eigenvalue weighted by Crippen LogP contribution is -2.35. The van der Waals surface area contributed by atoms with E-state index in [1.165, 1.54) is 0 Å². The minimum absolute atomic E-state index is 0.397. The molecule has 3 aromatic carbocycles. The molecule has 0 amide bonds. The van der Waals surface area contributed by atoms with Gasteiger partial charge < -0.3 is 9.47 Å². The minimum atomic E-state index is -5.69. The number of hydrogen-bond acceptors (Lipinski definition) is 5. The topological polar surface area (TPSA) is 89.9 Å². The Morgan fingerprint density at radius 2 is 1.31 bits per heavy atom. The first kappa shape index (κ1) is 27.6. The molecule has 10 heteroatoms. The number of esters is 1. The molecule has 3 aromatic rings. The number of rotatable bonds is 9. The standard InChI is InChI=1S/C26H26F2O6S2/c1-17-5-9-21(10-6-17)35(22-11-7-18(2)8-12-22)23-13-19(3)25(20(4)14-23)33-15-24(29)34-16-26(27,28)36(30,31)32/h5-14H,15-16H2,1-4H3/p+1. The maximum absolute atomic E-state index is 13.3. The molecule has 192 valence electrons. The van der Waals surface area contributed by atoms with Gasteiger partial charge in [-0.05, 0) is 63.1 Å². The van der Waals surface area contributed by atoms with Crippen LogP contribution in [0.2, 0.25) is 0 Å². The van der Waals surface area contributed by atoms with Crippen LogP contribution in [0.1, 0.15) is 22.3 Å². The van der Waals surface area contributed by atoms with Gasteiger partial charge in [-0.2, -0.15) is 17.2 Å². The third kappa shape index (κ3) is 6.63. The number of carbonyl (C=O) groups excluding carboxylic acids is 1. The van der Waals surface area contributed by atoms with Crippen molar-refractivity contribution in [3.8, 4) is 5.75 Å². The van der Waals surface area contributed by atoms with Gasteiger partial charge in [-0.15, -0.1) is 0 Å². The van der Waals surface area contributed by atoms with Crippen molar-refractivity contribution in [2.45, 2.75) is 47.6 Å². The first-order valence-electron chi connectivity index (χ1n) is 10.9. The van der Waals surface area contributed by atoms with E-state index in [1.807, 2.05) is 39.8 Å². The quantitative estimate of drug-likeness (QED) is 0.223. The van der Waals surface area contributed by atoms with Gasteiger partial charge in [-0.1, -0.05) is 35.4 Å². The highest BCUT2D eigenvalue weighted by molar-refractivity contribution is 7.97. The average Bonchev–Trinajstić information content (AvgIpc) is 2.79. The number of aryl methyl sites for hydroxylation is 4. The third-order valence-corrected chi connectivity index (χ3v) is 8.36. The maximum Gasteiger partial charge on any atom is 0.402 e. The first-order chi connectivity index (χ1) is 16.8. The van der Waals surface area contributed by atoms with Gasteiger partial charge in [0.1, 0.15) is 5.75 Å². The molecule has 0 heterocycles. The number of hydrogen-bond donors (Lipinski definition) is 1. The molecule has 6 nitrogen and oxygen atoms in total. The molecule has 0 unspecified atom stereocenters. The van der Waals surface area contributed by atoms with Crippen LogP contribution in [0.3, 0.4) is 0 Å². The molecule has 0 saturated carbocycles. The molecule has 0 fully saturated rings. The van der Waals surface area contributed by atoms with Gasteiger partial charge in [0.15, 0.2) is 27.9 Å². The van der Waals surface area contributed by atoms with E-state index in [0.29, 0.717) is 5.75 Å². The first-order valence-corrected chi connectivity index (χ1v) is 13.6. The summed E-state index contributed by atoms with van der Waals surface area (Å²) in [5.41, 5.74) is 3.78. The van der Waals surface area contributed by atoms with E-state index in [9.17, 15) is 22.0 Å². The van der Waals surface area contributed by atoms with Crippen LogP contribution in [0.5, 0.6) is 5.75 Å². The fourth-order valence-electron chi connectivity index (χ4n) is 3.42. The Labute approximate surface area is 212 Å². The van der Waals surface area contributed by atoms with Crippen molar-refractivity contribution in [3.63, 3.8) is 0 Å². The lowest BCUT2D eigenvalue weighted by molar-refractivity contribution is -0.151. The number of ether oxygens (including phenoxy) is 2. The summed E-state index contributed by atoms with van der Waals surface area (Å²) in [7, 11) is -6.10. The smallest absolute Gasteiger partial charge is 0.402 e. The summed E-state index contributed by atoms with van der Waals surface area (Å²) in [6, 6.07) is 20.6. The Morgan fingerprint density at radius 3 is 1.72 bits per heavy atom. The average molecular weight is 538 g/mol. The molecule has 0 radical (unpaired) electrons. The van der Waals surface area contributed by atoms with E-state index >= 15 is 0 Å². The van der Waals surface area contributed by atoms with Crippen LogP contribution in [-0.4, -0.2) is 37.4 Å². The summed E-state index contributed by atoms with van der Waals surface area (Å²) >= 11 is 0. The van der Waals surface area contributed by atoms with Gasteiger partial charge in [0.05, 0.1) is 10.9 Å². The van der Waals surface area contributed by atoms with E-state index in [-0.39, 0.29) is 0 Å². The summed E-state index contributed by atoms with van der Waals surface area (Å²) in [5.74, 6) is -0.797. The molecule has 0 spiro atoms. The van der Waals surface area contributed by atoms with Gasteiger partial charge >= 0.3 is 21.3 Å². The van der Waals surface area contributed by atoms with Crippen LogP contribution in [0.4, 0.5) is 8.78 Å². The second-order valence-electron chi connectivity index (χ2n) is 8.38. The summed E-state index contributed by atoms with van der Waals surface area (Å²) in [4.78, 5) is 15.2. The summed E-state index contributed by atoms with van der Waals surface area (Å²) in [5, 5.41) is -4.60. The molecule has 0 bridgehead atoms. The Balaban J connectivity index is 1.83. The van der Waals surface area contributed by atoms with Crippen molar-refractivity contribution in [1.82, 2.24) is 0 Å². The van der Waals surface area contributed by atoms with E-state index in [0.717, 1.165) is 36.9 Å². The largest absolute Gasteiger partial charge is 0.481 e. The van der Waals surface area contributed by atoms with Crippen molar-refractivity contribution in [2.75, 3.05) is 13.2 Å². The van der Waals surface area contributed by atoms with E-state index < -0.39 is 45.5 Å². The number of carbonyl (C=O) groups is 1. The molecule has 0 aliphatic heterocycles. The molecule has 0 aliphatic rings. The van der Waals surface area contributed by atoms with Gasteiger partial charge in [-0.3, -0.25) is 4.55 Å². The summed E-state index contributed by atoms with van der Waals surface area (Å²) in [6.07, 6.45) is 0. The number of benzene rings is 3. The predicted octanol–water partition coefficient (Wildman–Crippen LogP) is 5.42. The molecular weight excluding hydrogens is 510 g/mol. The highest BCUT2D eigenvalue weighted by Crippen LogP contribution is 2.35. The lowest BCUT2D eigenvalue weighted by Gasteiger charge is -2.16. The zero-order valence-corrected chi connectivity index (χ0v) is 21.9. The van der Waals surface area contributed by atoms with Crippen molar-refractivity contribution in [3.05, 3.63) is 82.9 Å². The Kier molecular flexibility index (Phi) is 8.43. The molecule has 1 N–H and O–H groups in total. The molecule has 36 heavy (non-hydrogen) atoms. The second-order valence-corrected chi connectivity index (χ2v) is 12.0. The maximum atomic E-state index is 13.3. The highest BCUT2D eigenvalue weighted by atomic mass is 32.2. The van der Waals surface area contributed by atoms with E-state index in [1.54, 1.807) is 0 Å². The molecule has 0 atom stereocenters. The van der Waals surface area contributed by atoms with Crippen LogP contribution in [0.25, 0.3) is 0 Å². The van der Waals surface area contributed by atoms with Crippen molar-refractivity contribution in [1.29, 1.82) is 0 Å². The Morgan fingerprint density at radius 1 is 0.861 bits per heavy atom. The third-order valence-electron chi connectivity index (χ3n) is 5.30. The zero-order chi connectivity index (χ0) is 26.7. The minimum Gasteiger partial charge on any atom is -0.481 e. The van der Waals surface area contributed by atoms with Gasteiger partial charge in [0, 0.05) is 12.1 Å². The molecule has 0 aliphatic carbocycles. The van der Waals surface area contributed by atoms with Crippen LogP contribution in [0.15, 0.2) is 75.4 Å². The Hall–Kier alpha value is -2.95. The van der Waals surface area contributed by atoms with Crippen LogP contribution in [0, 0.1) is 27.7 Å². The summed E-state index contributed by atoms with van der Waals surface area (Å²) in [6.45, 7) is 5.18. The molecule has 0 aromatic heterocycles. The zero-order valence-electron chi connectivity index (χ0n) is 20.2. The number of alkyl halides is 2. The fourth-order valence-corrected chi connectivity index (χ4v) is 5.85. The normalized spacial score (nSPS) is 12.0. The fraction of sp³-hybridized carbons (Fsp3) is 0.269. The van der Waals surface area contributed by atoms with Crippen molar-refractivity contribution >= 4 is 27.0 Å². The summed E-state index contributed by atoms with van der Waals surface area (Å²) < 4.78 is 66.1.